The van der Waals surface area contributed by atoms with Crippen LogP contribution < -0.4 is 5.32 Å². The smallest absolute Gasteiger partial charge is 0.258 e. The predicted octanol–water partition coefficient (Wildman–Crippen LogP) is 5.16. The highest BCUT2D eigenvalue weighted by Gasteiger charge is 2.18. The van der Waals surface area contributed by atoms with E-state index in [0.717, 1.165) is 5.56 Å². The Bertz CT molecular complexity index is 1110. The van der Waals surface area contributed by atoms with Gasteiger partial charge in [-0.2, -0.15) is 0 Å². The Morgan fingerprint density at radius 2 is 1.81 bits per heavy atom. The normalized spacial score (nSPS) is 10.8. The van der Waals surface area contributed by atoms with Crippen LogP contribution in [-0.4, -0.2) is 15.3 Å². The van der Waals surface area contributed by atoms with Gasteiger partial charge >= 0.3 is 0 Å². The summed E-state index contributed by atoms with van der Waals surface area (Å²) >= 11 is 3.30. The Labute approximate surface area is 157 Å². The monoisotopic (exact) mass is 409 g/mol. The standard InChI is InChI=1S/C20H13BrFN3O/c21-16-10-9-14(22)12-15(16)20(26)24-19-18(13-6-2-1-3-7-13)23-17-8-4-5-11-25(17)19/h1-12H,(H,24,26). The van der Waals surface area contributed by atoms with Gasteiger partial charge in [-0.15, -0.1) is 0 Å². The second-order valence-corrected chi connectivity index (χ2v) is 6.54. The lowest BCUT2D eigenvalue weighted by Crippen LogP contribution is -2.15. The van der Waals surface area contributed by atoms with E-state index in [4.69, 9.17) is 0 Å². The number of amides is 1. The van der Waals surface area contributed by atoms with Crippen LogP contribution in [0.3, 0.4) is 0 Å². The summed E-state index contributed by atoms with van der Waals surface area (Å²) < 4.78 is 15.9. The molecule has 2 heterocycles. The van der Waals surface area contributed by atoms with Crippen LogP contribution >= 0.6 is 15.9 Å². The summed E-state index contributed by atoms with van der Waals surface area (Å²) in [4.78, 5) is 17.4. The Morgan fingerprint density at radius 1 is 1.04 bits per heavy atom. The Morgan fingerprint density at radius 3 is 2.62 bits per heavy atom. The number of rotatable bonds is 3. The maximum atomic E-state index is 13.6. The van der Waals surface area contributed by atoms with Gasteiger partial charge in [0, 0.05) is 16.2 Å². The number of anilines is 1. The Balaban J connectivity index is 1.83. The average Bonchev–Trinajstić information content (AvgIpc) is 3.03. The molecular formula is C20H13BrFN3O. The molecule has 0 bridgehead atoms. The minimum absolute atomic E-state index is 0.217. The van der Waals surface area contributed by atoms with E-state index in [2.05, 4.69) is 26.2 Å². The second kappa shape index (κ2) is 6.72. The number of hydrogen-bond acceptors (Lipinski definition) is 2. The molecule has 0 spiro atoms. The summed E-state index contributed by atoms with van der Waals surface area (Å²) in [6, 6.07) is 19.2. The van der Waals surface area contributed by atoms with Crippen LogP contribution in [0.1, 0.15) is 10.4 Å². The van der Waals surface area contributed by atoms with Crippen LogP contribution in [0.5, 0.6) is 0 Å². The molecular weight excluding hydrogens is 397 g/mol. The van der Waals surface area contributed by atoms with Gasteiger partial charge in [-0.25, -0.2) is 9.37 Å². The fraction of sp³-hybridized carbons (Fsp3) is 0. The van der Waals surface area contributed by atoms with Crippen LogP contribution in [0.2, 0.25) is 0 Å². The van der Waals surface area contributed by atoms with Gasteiger partial charge in [-0.1, -0.05) is 36.4 Å². The molecule has 4 rings (SSSR count). The van der Waals surface area contributed by atoms with Gasteiger partial charge in [0.1, 0.15) is 23.0 Å². The number of hydrogen-bond donors (Lipinski definition) is 1. The second-order valence-electron chi connectivity index (χ2n) is 5.68. The molecule has 4 nitrogen and oxygen atoms in total. The lowest BCUT2D eigenvalue weighted by molar-refractivity contribution is 0.102. The van der Waals surface area contributed by atoms with Crippen LogP contribution in [0, 0.1) is 5.82 Å². The summed E-state index contributed by atoms with van der Waals surface area (Å²) in [5, 5.41) is 2.88. The van der Waals surface area contributed by atoms with Gasteiger partial charge in [-0.3, -0.25) is 9.20 Å². The number of pyridine rings is 1. The van der Waals surface area contributed by atoms with Crippen molar-refractivity contribution in [2.24, 2.45) is 0 Å². The van der Waals surface area contributed by atoms with Crippen molar-refractivity contribution >= 4 is 33.3 Å². The summed E-state index contributed by atoms with van der Waals surface area (Å²) in [5.74, 6) is -0.355. The largest absolute Gasteiger partial charge is 0.306 e. The molecule has 0 radical (unpaired) electrons. The number of benzene rings is 2. The van der Waals surface area contributed by atoms with Gasteiger partial charge in [0.25, 0.3) is 5.91 Å². The molecule has 1 N–H and O–H groups in total. The molecule has 0 unspecified atom stereocenters. The van der Waals surface area contributed by atoms with Crippen LogP contribution in [0.15, 0.2) is 77.4 Å². The Hall–Kier alpha value is -2.99. The molecule has 0 saturated heterocycles. The van der Waals surface area contributed by atoms with E-state index in [-0.39, 0.29) is 5.56 Å². The van der Waals surface area contributed by atoms with E-state index in [0.29, 0.717) is 21.6 Å². The van der Waals surface area contributed by atoms with Gasteiger partial charge in [0.05, 0.1) is 5.56 Å². The highest BCUT2D eigenvalue weighted by molar-refractivity contribution is 9.10. The van der Waals surface area contributed by atoms with Gasteiger partial charge in [-0.05, 0) is 46.3 Å². The fourth-order valence-corrected chi connectivity index (χ4v) is 3.19. The van der Waals surface area contributed by atoms with E-state index in [1.165, 1.54) is 18.2 Å². The molecule has 2 aromatic heterocycles. The minimum Gasteiger partial charge on any atom is -0.306 e. The van der Waals surface area contributed by atoms with Crippen molar-refractivity contribution < 1.29 is 9.18 Å². The zero-order valence-electron chi connectivity index (χ0n) is 13.5. The van der Waals surface area contributed by atoms with Crippen LogP contribution in [-0.2, 0) is 0 Å². The molecule has 0 fully saturated rings. The number of aromatic nitrogens is 2. The number of nitrogens with zero attached hydrogens (tertiary/aromatic N) is 2. The van der Waals surface area contributed by atoms with E-state index in [1.807, 2.05) is 54.7 Å². The molecule has 4 aromatic rings. The zero-order valence-corrected chi connectivity index (χ0v) is 15.1. The summed E-state index contributed by atoms with van der Waals surface area (Å²) in [7, 11) is 0. The number of carbonyl (C=O) groups excluding carboxylic acids is 1. The zero-order chi connectivity index (χ0) is 18.1. The van der Waals surface area contributed by atoms with Crippen molar-refractivity contribution in [3.8, 4) is 11.3 Å². The van der Waals surface area contributed by atoms with E-state index >= 15 is 0 Å². The van der Waals surface area contributed by atoms with Gasteiger partial charge in [0.15, 0.2) is 0 Å². The van der Waals surface area contributed by atoms with Crippen molar-refractivity contribution in [1.82, 2.24) is 9.38 Å². The van der Waals surface area contributed by atoms with Gasteiger partial charge < -0.3 is 5.32 Å². The first-order valence-corrected chi connectivity index (χ1v) is 8.72. The van der Waals surface area contributed by atoms with Crippen molar-refractivity contribution in [3.63, 3.8) is 0 Å². The van der Waals surface area contributed by atoms with E-state index < -0.39 is 11.7 Å². The third kappa shape index (κ3) is 2.99. The molecule has 6 heteroatoms. The number of nitrogens with one attached hydrogen (secondary N) is 1. The minimum atomic E-state index is -0.472. The molecule has 1 amide bonds. The van der Waals surface area contributed by atoms with E-state index in [1.54, 1.807) is 4.40 Å². The molecule has 0 aliphatic rings. The number of halogens is 2. The van der Waals surface area contributed by atoms with Crippen LogP contribution in [0.4, 0.5) is 10.2 Å². The van der Waals surface area contributed by atoms with Crippen molar-refractivity contribution in [1.29, 1.82) is 0 Å². The first-order valence-electron chi connectivity index (χ1n) is 7.92. The van der Waals surface area contributed by atoms with Crippen LogP contribution in [0.25, 0.3) is 16.9 Å². The lowest BCUT2D eigenvalue weighted by atomic mass is 10.1. The number of carbonyl (C=O) groups is 1. The number of fused-ring (bicyclic) bond motifs is 1. The SMILES string of the molecule is O=C(Nc1c(-c2ccccc2)nc2ccccn12)c1cc(F)ccc1Br. The summed E-state index contributed by atoms with van der Waals surface area (Å²) in [6.45, 7) is 0. The quantitative estimate of drug-likeness (QED) is 0.508. The highest BCUT2D eigenvalue weighted by atomic mass is 79.9. The maximum absolute atomic E-state index is 13.6. The molecule has 0 aliphatic carbocycles. The summed E-state index contributed by atoms with van der Waals surface area (Å²) in [6.07, 6.45) is 1.82. The van der Waals surface area contributed by atoms with Gasteiger partial charge in [0.2, 0.25) is 0 Å². The lowest BCUT2D eigenvalue weighted by Gasteiger charge is -2.09. The first kappa shape index (κ1) is 16.5. The van der Waals surface area contributed by atoms with E-state index in [9.17, 15) is 9.18 Å². The topological polar surface area (TPSA) is 46.4 Å². The molecule has 26 heavy (non-hydrogen) atoms. The Kier molecular flexibility index (Phi) is 4.26. The fourth-order valence-electron chi connectivity index (χ4n) is 2.76. The molecule has 128 valence electrons. The predicted molar refractivity (Wildman–Crippen MR) is 103 cm³/mol. The average molecular weight is 410 g/mol. The maximum Gasteiger partial charge on any atom is 0.258 e. The van der Waals surface area contributed by atoms with Crippen molar-refractivity contribution in [3.05, 3.63) is 88.8 Å². The molecule has 2 aromatic carbocycles. The molecule has 0 aliphatic heterocycles. The third-order valence-corrected chi connectivity index (χ3v) is 4.67. The van der Waals surface area contributed by atoms with Crippen molar-refractivity contribution in [2.75, 3.05) is 5.32 Å². The summed E-state index contributed by atoms with van der Waals surface area (Å²) in [5.41, 5.74) is 2.46. The third-order valence-electron chi connectivity index (χ3n) is 3.98. The highest BCUT2D eigenvalue weighted by Crippen LogP contribution is 2.29. The molecule has 0 saturated carbocycles. The molecule has 0 atom stereocenters. The first-order chi connectivity index (χ1) is 12.6. The van der Waals surface area contributed by atoms with Crippen molar-refractivity contribution in [2.45, 2.75) is 0 Å². The number of imidazole rings is 1.